The van der Waals surface area contributed by atoms with Crippen LogP contribution in [0.4, 0.5) is 5.69 Å². The molecule has 2 amide bonds. The van der Waals surface area contributed by atoms with Crippen molar-refractivity contribution < 1.29 is 28.8 Å². The third-order valence-electron chi connectivity index (χ3n) is 5.85. The molecule has 0 aliphatic carbocycles. The number of hydrogen-bond donors (Lipinski definition) is 0. The zero-order chi connectivity index (χ0) is 25.3. The molecule has 0 spiro atoms. The lowest BCUT2D eigenvalue weighted by Gasteiger charge is -2.13. The summed E-state index contributed by atoms with van der Waals surface area (Å²) in [6.45, 7) is 3.58. The predicted octanol–water partition coefficient (Wildman–Crippen LogP) is 3.54. The van der Waals surface area contributed by atoms with Crippen LogP contribution in [0.2, 0.25) is 0 Å². The van der Waals surface area contributed by atoms with Gasteiger partial charge in [-0.25, -0.2) is 0 Å². The Morgan fingerprint density at radius 1 is 1.11 bits per heavy atom. The summed E-state index contributed by atoms with van der Waals surface area (Å²) in [5.74, 6) is -2.67. The fourth-order valence-corrected chi connectivity index (χ4v) is 4.75. The SMILES string of the molecule is Cc1cc(C(=O)COC(=O)CCN2C(=O)c3cccc([N+](=O)[O-])c3C2=O)c(C)n1Cc1cccs1. The van der Waals surface area contributed by atoms with Gasteiger partial charge in [-0.3, -0.25) is 34.2 Å². The van der Waals surface area contributed by atoms with Crippen molar-refractivity contribution in [1.29, 1.82) is 0 Å². The van der Waals surface area contributed by atoms with Gasteiger partial charge in [0, 0.05) is 34.4 Å². The van der Waals surface area contributed by atoms with Gasteiger partial charge in [0.2, 0.25) is 5.78 Å². The van der Waals surface area contributed by atoms with Crippen molar-refractivity contribution in [3.05, 3.63) is 84.8 Å². The molecule has 0 saturated carbocycles. The summed E-state index contributed by atoms with van der Waals surface area (Å²) in [6, 6.07) is 9.52. The van der Waals surface area contributed by atoms with Crippen molar-refractivity contribution in [1.82, 2.24) is 9.47 Å². The number of ketones is 1. The number of benzene rings is 1. The van der Waals surface area contributed by atoms with E-state index in [-0.39, 0.29) is 29.9 Å². The third kappa shape index (κ3) is 4.62. The number of amides is 2. The summed E-state index contributed by atoms with van der Waals surface area (Å²) in [7, 11) is 0. The number of fused-ring (bicyclic) bond motifs is 1. The van der Waals surface area contributed by atoms with E-state index in [0.29, 0.717) is 12.1 Å². The van der Waals surface area contributed by atoms with Gasteiger partial charge in [-0.05, 0) is 37.4 Å². The summed E-state index contributed by atoms with van der Waals surface area (Å²) in [4.78, 5) is 62.4. The van der Waals surface area contributed by atoms with Gasteiger partial charge in [0.25, 0.3) is 17.5 Å². The number of ether oxygens (including phenoxy) is 1. The molecule has 11 heteroatoms. The molecular weight excluding hydrogens is 474 g/mol. The number of carbonyl (C=O) groups is 4. The van der Waals surface area contributed by atoms with Crippen LogP contribution in [-0.2, 0) is 16.1 Å². The molecule has 3 heterocycles. The highest BCUT2D eigenvalue weighted by Crippen LogP contribution is 2.30. The number of aryl methyl sites for hydroxylation is 1. The van der Waals surface area contributed by atoms with Crippen LogP contribution in [-0.4, -0.2) is 51.1 Å². The van der Waals surface area contributed by atoms with E-state index in [1.54, 1.807) is 17.4 Å². The predicted molar refractivity (Wildman–Crippen MR) is 126 cm³/mol. The number of nitro groups is 1. The van der Waals surface area contributed by atoms with E-state index < -0.39 is 35.0 Å². The Labute approximate surface area is 203 Å². The van der Waals surface area contributed by atoms with Crippen LogP contribution in [0.25, 0.3) is 0 Å². The number of carbonyl (C=O) groups excluding carboxylic acids is 4. The number of rotatable bonds is 9. The van der Waals surface area contributed by atoms with Crippen LogP contribution in [0.5, 0.6) is 0 Å². The zero-order valence-corrected chi connectivity index (χ0v) is 19.8. The van der Waals surface area contributed by atoms with Gasteiger partial charge in [-0.2, -0.15) is 0 Å². The summed E-state index contributed by atoms with van der Waals surface area (Å²) in [6.07, 6.45) is -0.343. The molecule has 180 valence electrons. The minimum Gasteiger partial charge on any atom is -0.457 e. The number of hydrogen-bond acceptors (Lipinski definition) is 8. The maximum atomic E-state index is 12.7. The molecule has 1 aliphatic heterocycles. The molecule has 2 aromatic heterocycles. The van der Waals surface area contributed by atoms with Gasteiger partial charge in [0.1, 0.15) is 5.56 Å². The topological polar surface area (TPSA) is 129 Å². The number of nitro benzene ring substituents is 1. The van der Waals surface area contributed by atoms with E-state index >= 15 is 0 Å². The molecule has 3 aromatic rings. The van der Waals surface area contributed by atoms with E-state index in [0.717, 1.165) is 27.2 Å². The average molecular weight is 496 g/mol. The highest BCUT2D eigenvalue weighted by atomic mass is 32.1. The van der Waals surface area contributed by atoms with Crippen LogP contribution in [0.15, 0.2) is 41.8 Å². The number of esters is 1. The van der Waals surface area contributed by atoms with E-state index in [9.17, 15) is 29.3 Å². The van der Waals surface area contributed by atoms with Gasteiger partial charge in [-0.15, -0.1) is 11.3 Å². The normalized spacial score (nSPS) is 12.7. The first-order valence-corrected chi connectivity index (χ1v) is 11.6. The first kappa shape index (κ1) is 24.0. The van der Waals surface area contributed by atoms with Gasteiger partial charge in [-0.1, -0.05) is 12.1 Å². The first-order valence-electron chi connectivity index (χ1n) is 10.7. The molecule has 1 aliphatic rings. The number of Topliss-reactive ketones (excluding diaryl/α,β-unsaturated/α-hetero) is 1. The van der Waals surface area contributed by atoms with Crippen molar-refractivity contribution in [2.75, 3.05) is 13.2 Å². The average Bonchev–Trinajstić information content (AvgIpc) is 3.51. The minimum atomic E-state index is -0.834. The molecule has 0 unspecified atom stereocenters. The lowest BCUT2D eigenvalue weighted by molar-refractivity contribution is -0.385. The molecule has 10 nitrogen and oxygen atoms in total. The van der Waals surface area contributed by atoms with Crippen LogP contribution < -0.4 is 0 Å². The number of imide groups is 1. The quantitative estimate of drug-likeness (QED) is 0.146. The van der Waals surface area contributed by atoms with E-state index in [2.05, 4.69) is 0 Å². The third-order valence-corrected chi connectivity index (χ3v) is 6.71. The molecule has 0 fully saturated rings. The van der Waals surface area contributed by atoms with Gasteiger partial charge >= 0.3 is 5.97 Å². The monoisotopic (exact) mass is 495 g/mol. The second-order valence-corrected chi connectivity index (χ2v) is 9.04. The van der Waals surface area contributed by atoms with E-state index in [4.69, 9.17) is 4.74 Å². The number of nitrogens with zero attached hydrogens (tertiary/aromatic N) is 3. The van der Waals surface area contributed by atoms with Gasteiger partial charge in [0.15, 0.2) is 6.61 Å². The Balaban J connectivity index is 1.34. The Morgan fingerprint density at radius 2 is 1.89 bits per heavy atom. The smallest absolute Gasteiger partial charge is 0.308 e. The van der Waals surface area contributed by atoms with Crippen LogP contribution >= 0.6 is 11.3 Å². The standard InChI is InChI=1S/C24H21N3O7S/c1-14-11-18(15(2)26(14)12-16-5-4-10-35-16)20(28)13-34-21(29)8-9-25-23(30)17-6-3-7-19(27(32)33)22(17)24(25)31/h3-7,10-11H,8-9,12-13H2,1-2H3. The molecule has 4 rings (SSSR count). The summed E-state index contributed by atoms with van der Waals surface area (Å²) in [5, 5.41) is 13.2. The number of thiophene rings is 1. The first-order chi connectivity index (χ1) is 16.7. The lowest BCUT2D eigenvalue weighted by atomic mass is 10.1. The second-order valence-electron chi connectivity index (χ2n) is 8.00. The highest BCUT2D eigenvalue weighted by molar-refractivity contribution is 7.09. The molecule has 1 aromatic carbocycles. The fraction of sp³-hybridized carbons (Fsp3) is 0.250. The van der Waals surface area contributed by atoms with Gasteiger partial charge < -0.3 is 9.30 Å². The molecular formula is C24H21N3O7S. The Hall–Kier alpha value is -4.12. The van der Waals surface area contributed by atoms with Gasteiger partial charge in [0.05, 0.1) is 23.5 Å². The van der Waals surface area contributed by atoms with E-state index in [1.165, 1.54) is 12.1 Å². The van der Waals surface area contributed by atoms with Crippen LogP contribution in [0.1, 0.15) is 53.8 Å². The maximum absolute atomic E-state index is 12.7. The molecule has 35 heavy (non-hydrogen) atoms. The van der Waals surface area contributed by atoms with E-state index in [1.807, 2.05) is 35.9 Å². The molecule has 0 radical (unpaired) electrons. The van der Waals surface area contributed by atoms with Crippen molar-refractivity contribution in [2.45, 2.75) is 26.8 Å². The minimum absolute atomic E-state index is 0.0781. The molecule has 0 saturated heterocycles. The Morgan fingerprint density at radius 3 is 2.57 bits per heavy atom. The molecule has 0 bridgehead atoms. The lowest BCUT2D eigenvalue weighted by Crippen LogP contribution is -2.32. The fourth-order valence-electron chi connectivity index (χ4n) is 4.06. The summed E-state index contributed by atoms with van der Waals surface area (Å²) < 4.78 is 7.10. The maximum Gasteiger partial charge on any atom is 0.308 e. The van der Waals surface area contributed by atoms with Crippen molar-refractivity contribution >= 4 is 40.6 Å². The Kier molecular flexibility index (Phi) is 6.61. The van der Waals surface area contributed by atoms with Crippen LogP contribution in [0, 0.1) is 24.0 Å². The second kappa shape index (κ2) is 9.63. The van der Waals surface area contributed by atoms with Crippen molar-refractivity contribution in [3.8, 4) is 0 Å². The zero-order valence-electron chi connectivity index (χ0n) is 19.0. The molecule has 0 N–H and O–H groups in total. The van der Waals surface area contributed by atoms with Crippen molar-refractivity contribution in [2.24, 2.45) is 0 Å². The summed E-state index contributed by atoms with van der Waals surface area (Å²) >= 11 is 1.62. The summed E-state index contributed by atoms with van der Waals surface area (Å²) in [5.41, 5.74) is 1.30. The largest absolute Gasteiger partial charge is 0.457 e. The molecule has 0 atom stereocenters. The van der Waals surface area contributed by atoms with Crippen LogP contribution in [0.3, 0.4) is 0 Å². The van der Waals surface area contributed by atoms with Crippen molar-refractivity contribution in [3.63, 3.8) is 0 Å². The highest BCUT2D eigenvalue weighted by Gasteiger charge is 2.40. The Bertz CT molecular complexity index is 1360. The number of aromatic nitrogens is 1.